The Bertz CT molecular complexity index is 1390. The molecule has 2 N–H and O–H groups in total. The largest absolute Gasteiger partial charge is 0.326 e. The molecule has 5 nitrogen and oxygen atoms in total. The van der Waals surface area contributed by atoms with Crippen molar-refractivity contribution < 1.29 is 0 Å². The van der Waals surface area contributed by atoms with Gasteiger partial charge in [-0.05, 0) is 37.1 Å². The molecule has 0 unspecified atom stereocenters. The van der Waals surface area contributed by atoms with Crippen LogP contribution < -0.4 is 5.73 Å². The minimum absolute atomic E-state index is 0.137. The van der Waals surface area contributed by atoms with Gasteiger partial charge >= 0.3 is 0 Å². The van der Waals surface area contributed by atoms with Crippen molar-refractivity contribution in [2.45, 2.75) is 37.8 Å². The van der Waals surface area contributed by atoms with Gasteiger partial charge in [-0.3, -0.25) is 4.98 Å². The molecule has 0 saturated heterocycles. The molecule has 2 aromatic carbocycles. The Morgan fingerprint density at radius 3 is 2.50 bits per heavy atom. The van der Waals surface area contributed by atoms with E-state index in [0.717, 1.165) is 57.2 Å². The van der Waals surface area contributed by atoms with Crippen LogP contribution >= 0.6 is 0 Å². The van der Waals surface area contributed by atoms with E-state index in [1.807, 2.05) is 18.3 Å². The predicted molar refractivity (Wildman–Crippen MR) is 121 cm³/mol. The summed E-state index contributed by atoms with van der Waals surface area (Å²) in [6.45, 7) is 0. The molecule has 5 heteroatoms. The molecule has 1 aliphatic rings. The Labute approximate surface area is 174 Å². The van der Waals surface area contributed by atoms with E-state index in [1.165, 1.54) is 12.8 Å². The third-order valence-corrected chi connectivity index (χ3v) is 6.37. The zero-order valence-corrected chi connectivity index (χ0v) is 16.7. The van der Waals surface area contributed by atoms with E-state index < -0.39 is 0 Å². The second kappa shape index (κ2) is 6.89. The monoisotopic (exact) mass is 393 g/mol. The number of hydrogen-bond donors (Lipinski definition) is 1. The highest BCUT2D eigenvalue weighted by molar-refractivity contribution is 6.03. The van der Waals surface area contributed by atoms with Gasteiger partial charge in [0.15, 0.2) is 5.82 Å². The SMILES string of the molecule is N[C@@H]1CCCC[C@H]1n1c(-c2ccc3ccc4cccnc4c3n2)nc2ccccc21. The highest BCUT2D eigenvalue weighted by Gasteiger charge is 2.28. The van der Waals surface area contributed by atoms with Crippen LogP contribution in [0, 0.1) is 0 Å². The number of rotatable bonds is 2. The van der Waals surface area contributed by atoms with Crippen LogP contribution in [0.2, 0.25) is 0 Å². The Hall–Kier alpha value is -3.31. The molecule has 148 valence electrons. The molecule has 0 spiro atoms. The molecule has 3 aromatic heterocycles. The predicted octanol–water partition coefficient (Wildman–Crippen LogP) is 5.24. The molecule has 0 bridgehead atoms. The van der Waals surface area contributed by atoms with Crippen molar-refractivity contribution in [3.05, 3.63) is 66.9 Å². The lowest BCUT2D eigenvalue weighted by Gasteiger charge is -2.31. The number of fused-ring (bicyclic) bond motifs is 4. The average Bonchev–Trinajstić information content (AvgIpc) is 3.18. The quantitative estimate of drug-likeness (QED) is 0.416. The van der Waals surface area contributed by atoms with Gasteiger partial charge in [-0.2, -0.15) is 0 Å². The highest BCUT2D eigenvalue weighted by atomic mass is 15.1. The lowest BCUT2D eigenvalue weighted by atomic mass is 9.90. The molecule has 0 amide bonds. The molecular weight excluding hydrogens is 370 g/mol. The first kappa shape index (κ1) is 17.5. The summed E-state index contributed by atoms with van der Waals surface area (Å²) in [6.07, 6.45) is 6.35. The van der Waals surface area contributed by atoms with Crippen molar-refractivity contribution in [2.24, 2.45) is 5.73 Å². The summed E-state index contributed by atoms with van der Waals surface area (Å²) in [4.78, 5) is 14.7. The smallest absolute Gasteiger partial charge is 0.160 e. The molecule has 0 aliphatic heterocycles. The number of benzene rings is 2. The maximum absolute atomic E-state index is 6.59. The zero-order valence-electron chi connectivity index (χ0n) is 16.7. The van der Waals surface area contributed by atoms with Crippen LogP contribution in [0.5, 0.6) is 0 Å². The van der Waals surface area contributed by atoms with Crippen molar-refractivity contribution in [3.8, 4) is 11.5 Å². The molecule has 5 aromatic rings. The van der Waals surface area contributed by atoms with Crippen molar-refractivity contribution in [1.82, 2.24) is 19.5 Å². The third-order valence-electron chi connectivity index (χ3n) is 6.37. The second-order valence-electron chi connectivity index (χ2n) is 8.22. The standard InChI is InChI=1S/C25H23N5/c26-18-7-1-3-9-21(18)30-22-10-4-2-8-19(22)29-25(30)20-14-13-17-12-11-16-6-5-15-27-23(16)24(17)28-20/h2,4-6,8,10-15,18,21H,1,3,7,9,26H2/t18-,21-/m1/s1. The summed E-state index contributed by atoms with van der Waals surface area (Å²) in [5, 5.41) is 2.18. The summed E-state index contributed by atoms with van der Waals surface area (Å²) in [7, 11) is 0. The zero-order chi connectivity index (χ0) is 20.1. The molecule has 0 radical (unpaired) electrons. The molecule has 1 fully saturated rings. The Kier molecular flexibility index (Phi) is 4.03. The van der Waals surface area contributed by atoms with Gasteiger partial charge in [-0.15, -0.1) is 0 Å². The van der Waals surface area contributed by atoms with Crippen LogP contribution in [0.3, 0.4) is 0 Å². The van der Waals surface area contributed by atoms with Crippen LogP contribution in [-0.2, 0) is 0 Å². The molecule has 6 rings (SSSR count). The minimum atomic E-state index is 0.137. The van der Waals surface area contributed by atoms with Gasteiger partial charge in [0, 0.05) is 23.0 Å². The molecule has 2 atom stereocenters. The Morgan fingerprint density at radius 2 is 1.60 bits per heavy atom. The number of pyridine rings is 2. The van der Waals surface area contributed by atoms with E-state index in [2.05, 4.69) is 58.1 Å². The van der Waals surface area contributed by atoms with Gasteiger partial charge in [0.05, 0.1) is 28.1 Å². The summed E-state index contributed by atoms with van der Waals surface area (Å²) < 4.78 is 2.34. The lowest BCUT2D eigenvalue weighted by Crippen LogP contribution is -2.35. The fourth-order valence-corrected chi connectivity index (χ4v) is 4.87. The minimum Gasteiger partial charge on any atom is -0.326 e. The van der Waals surface area contributed by atoms with Crippen LogP contribution in [-0.4, -0.2) is 25.6 Å². The second-order valence-corrected chi connectivity index (χ2v) is 8.22. The normalized spacial score (nSPS) is 19.6. The van der Waals surface area contributed by atoms with Gasteiger partial charge in [-0.25, -0.2) is 9.97 Å². The molecule has 3 heterocycles. The molecule has 30 heavy (non-hydrogen) atoms. The maximum Gasteiger partial charge on any atom is 0.160 e. The average molecular weight is 393 g/mol. The molecular formula is C25H23N5. The van der Waals surface area contributed by atoms with Gasteiger partial charge in [0.1, 0.15) is 5.69 Å². The van der Waals surface area contributed by atoms with Crippen molar-refractivity contribution in [3.63, 3.8) is 0 Å². The topological polar surface area (TPSA) is 69.6 Å². The summed E-state index contributed by atoms with van der Waals surface area (Å²) in [6, 6.07) is 21.1. The van der Waals surface area contributed by atoms with E-state index in [0.29, 0.717) is 0 Å². The van der Waals surface area contributed by atoms with E-state index in [4.69, 9.17) is 15.7 Å². The number of para-hydroxylation sites is 2. The first-order chi connectivity index (χ1) is 14.8. The van der Waals surface area contributed by atoms with E-state index in [9.17, 15) is 0 Å². The van der Waals surface area contributed by atoms with E-state index in [1.54, 1.807) is 0 Å². The summed E-state index contributed by atoms with van der Waals surface area (Å²) in [5.74, 6) is 0.897. The van der Waals surface area contributed by atoms with Crippen LogP contribution in [0.1, 0.15) is 31.7 Å². The Balaban J connectivity index is 1.62. The number of hydrogen-bond acceptors (Lipinski definition) is 4. The van der Waals surface area contributed by atoms with Gasteiger partial charge in [0.25, 0.3) is 0 Å². The first-order valence-electron chi connectivity index (χ1n) is 10.7. The highest BCUT2D eigenvalue weighted by Crippen LogP contribution is 2.35. The number of imidazole rings is 1. The van der Waals surface area contributed by atoms with Gasteiger partial charge in [0.2, 0.25) is 0 Å². The molecule has 1 saturated carbocycles. The van der Waals surface area contributed by atoms with Gasteiger partial charge in [-0.1, -0.05) is 49.2 Å². The fraction of sp³-hybridized carbons (Fsp3) is 0.240. The Morgan fingerprint density at radius 1 is 0.800 bits per heavy atom. The fourth-order valence-electron chi connectivity index (χ4n) is 4.87. The summed E-state index contributed by atoms with van der Waals surface area (Å²) >= 11 is 0. The third kappa shape index (κ3) is 2.70. The maximum atomic E-state index is 6.59. The van der Waals surface area contributed by atoms with E-state index in [-0.39, 0.29) is 12.1 Å². The lowest BCUT2D eigenvalue weighted by molar-refractivity contribution is 0.313. The van der Waals surface area contributed by atoms with Crippen LogP contribution in [0.4, 0.5) is 0 Å². The molecule has 1 aliphatic carbocycles. The van der Waals surface area contributed by atoms with Crippen LogP contribution in [0.25, 0.3) is 44.4 Å². The first-order valence-corrected chi connectivity index (χ1v) is 10.7. The van der Waals surface area contributed by atoms with E-state index >= 15 is 0 Å². The van der Waals surface area contributed by atoms with Crippen molar-refractivity contribution >= 4 is 32.8 Å². The van der Waals surface area contributed by atoms with Crippen LogP contribution in [0.15, 0.2) is 66.9 Å². The van der Waals surface area contributed by atoms with Gasteiger partial charge < -0.3 is 10.3 Å². The van der Waals surface area contributed by atoms with Crippen molar-refractivity contribution in [2.75, 3.05) is 0 Å². The number of nitrogens with zero attached hydrogens (tertiary/aromatic N) is 4. The number of nitrogens with two attached hydrogens (primary N) is 1. The summed E-state index contributed by atoms with van der Waals surface area (Å²) in [5.41, 5.74) is 11.4. The number of aromatic nitrogens is 4. The van der Waals surface area contributed by atoms with Crippen molar-refractivity contribution in [1.29, 1.82) is 0 Å².